The van der Waals surface area contributed by atoms with Gasteiger partial charge in [-0.1, -0.05) is 13.8 Å². The Balaban J connectivity index is 3.89. The molecule has 0 aliphatic carbocycles. The minimum absolute atomic E-state index is 0.0564. The molecule has 0 saturated carbocycles. The molecule has 0 aromatic rings. The molecule has 94 valence electrons. The van der Waals surface area contributed by atoms with Gasteiger partial charge in [0.15, 0.2) is 0 Å². The Hall–Kier alpha value is -1.10. The number of aliphatic carboxylic acids is 1. The van der Waals surface area contributed by atoms with Crippen molar-refractivity contribution < 1.29 is 14.7 Å². The molecule has 0 heterocycles. The standard InChI is InChI=1S/C11H22N2O3/c1-7(2)6-9(12)11(16)13-8(3)4-5-10(14)15/h7-9H,4-6,12H2,1-3H3,(H,13,16)(H,14,15)/t8?,9-/m1/s1. The molecule has 0 aromatic carbocycles. The number of amides is 1. The first kappa shape index (κ1) is 14.9. The van der Waals surface area contributed by atoms with E-state index in [1.165, 1.54) is 0 Å². The van der Waals surface area contributed by atoms with Crippen LogP contribution in [-0.4, -0.2) is 29.1 Å². The van der Waals surface area contributed by atoms with E-state index in [1.807, 2.05) is 13.8 Å². The number of carboxylic acid groups (broad SMARTS) is 1. The summed E-state index contributed by atoms with van der Waals surface area (Å²) in [4.78, 5) is 21.9. The number of hydrogen-bond donors (Lipinski definition) is 3. The Bertz CT molecular complexity index is 241. The van der Waals surface area contributed by atoms with Gasteiger partial charge in [0.2, 0.25) is 5.91 Å². The van der Waals surface area contributed by atoms with E-state index in [2.05, 4.69) is 5.32 Å². The molecule has 1 unspecified atom stereocenters. The lowest BCUT2D eigenvalue weighted by Crippen LogP contribution is -2.45. The first-order chi connectivity index (χ1) is 7.32. The van der Waals surface area contributed by atoms with Crippen LogP contribution in [0, 0.1) is 5.92 Å². The van der Waals surface area contributed by atoms with Gasteiger partial charge in [-0.25, -0.2) is 0 Å². The summed E-state index contributed by atoms with van der Waals surface area (Å²) in [6.07, 6.45) is 1.12. The second kappa shape index (κ2) is 7.22. The molecule has 0 saturated heterocycles. The zero-order chi connectivity index (χ0) is 12.7. The highest BCUT2D eigenvalue weighted by Crippen LogP contribution is 2.03. The van der Waals surface area contributed by atoms with Crippen LogP contribution in [0.4, 0.5) is 0 Å². The quantitative estimate of drug-likeness (QED) is 0.601. The summed E-state index contributed by atoms with van der Waals surface area (Å²) in [5, 5.41) is 11.2. The molecule has 1 amide bonds. The molecule has 0 spiro atoms. The van der Waals surface area contributed by atoms with Gasteiger partial charge in [0.1, 0.15) is 0 Å². The van der Waals surface area contributed by atoms with Crippen LogP contribution in [0.1, 0.15) is 40.0 Å². The molecule has 0 fully saturated rings. The van der Waals surface area contributed by atoms with Gasteiger partial charge in [-0.05, 0) is 25.7 Å². The maximum atomic E-state index is 11.6. The molecule has 0 bridgehead atoms. The fourth-order valence-corrected chi connectivity index (χ4v) is 1.38. The smallest absolute Gasteiger partial charge is 0.303 e. The van der Waals surface area contributed by atoms with Crippen LogP contribution in [0.25, 0.3) is 0 Å². The predicted octanol–water partition coefficient (Wildman–Crippen LogP) is 0.729. The zero-order valence-corrected chi connectivity index (χ0v) is 10.2. The minimum Gasteiger partial charge on any atom is -0.481 e. The van der Waals surface area contributed by atoms with E-state index in [0.717, 1.165) is 0 Å². The maximum absolute atomic E-state index is 11.6. The fraction of sp³-hybridized carbons (Fsp3) is 0.818. The Morgan fingerprint density at radius 1 is 1.31 bits per heavy atom. The van der Waals surface area contributed by atoms with Gasteiger partial charge in [0, 0.05) is 12.5 Å². The Morgan fingerprint density at radius 2 is 1.88 bits per heavy atom. The van der Waals surface area contributed by atoms with Crippen molar-refractivity contribution in [3.63, 3.8) is 0 Å². The van der Waals surface area contributed by atoms with Crippen LogP contribution < -0.4 is 11.1 Å². The van der Waals surface area contributed by atoms with E-state index >= 15 is 0 Å². The zero-order valence-electron chi connectivity index (χ0n) is 10.2. The third kappa shape index (κ3) is 7.23. The molecule has 2 atom stereocenters. The summed E-state index contributed by atoms with van der Waals surface area (Å²) in [6.45, 7) is 5.78. The topological polar surface area (TPSA) is 92.4 Å². The second-order valence-electron chi connectivity index (χ2n) is 4.58. The van der Waals surface area contributed by atoms with Crippen LogP contribution in [0.5, 0.6) is 0 Å². The van der Waals surface area contributed by atoms with Crippen LogP contribution in [0.2, 0.25) is 0 Å². The fourth-order valence-electron chi connectivity index (χ4n) is 1.38. The molecule has 5 nitrogen and oxygen atoms in total. The normalized spacial score (nSPS) is 14.6. The van der Waals surface area contributed by atoms with Gasteiger partial charge < -0.3 is 16.2 Å². The van der Waals surface area contributed by atoms with Crippen molar-refractivity contribution in [3.8, 4) is 0 Å². The van der Waals surface area contributed by atoms with Gasteiger partial charge >= 0.3 is 5.97 Å². The molecule has 0 aliphatic heterocycles. The van der Waals surface area contributed by atoms with Gasteiger partial charge in [-0.3, -0.25) is 9.59 Å². The molecule has 4 N–H and O–H groups in total. The van der Waals surface area contributed by atoms with Crippen LogP contribution in [-0.2, 0) is 9.59 Å². The summed E-state index contributed by atoms with van der Waals surface area (Å²) in [5.74, 6) is -0.686. The lowest BCUT2D eigenvalue weighted by atomic mass is 10.0. The monoisotopic (exact) mass is 230 g/mol. The SMILES string of the molecule is CC(C)C[C@@H](N)C(=O)NC(C)CCC(=O)O. The average molecular weight is 230 g/mol. The summed E-state index contributed by atoms with van der Waals surface area (Å²) < 4.78 is 0. The molecule has 5 heteroatoms. The van der Waals surface area contributed by atoms with Gasteiger partial charge in [-0.15, -0.1) is 0 Å². The molecular weight excluding hydrogens is 208 g/mol. The first-order valence-electron chi connectivity index (χ1n) is 5.60. The Kier molecular flexibility index (Phi) is 6.72. The summed E-state index contributed by atoms with van der Waals surface area (Å²) in [6, 6.07) is -0.658. The third-order valence-electron chi connectivity index (χ3n) is 2.24. The summed E-state index contributed by atoms with van der Waals surface area (Å²) in [5.41, 5.74) is 5.69. The lowest BCUT2D eigenvalue weighted by molar-refractivity contribution is -0.137. The Labute approximate surface area is 96.4 Å². The van der Waals surface area contributed by atoms with E-state index < -0.39 is 12.0 Å². The van der Waals surface area contributed by atoms with Crippen molar-refractivity contribution in [1.29, 1.82) is 0 Å². The Morgan fingerprint density at radius 3 is 2.31 bits per heavy atom. The molecular formula is C11H22N2O3. The van der Waals surface area contributed by atoms with Crippen LogP contribution in [0.3, 0.4) is 0 Å². The number of nitrogens with one attached hydrogen (secondary N) is 1. The molecule has 16 heavy (non-hydrogen) atoms. The van der Waals surface area contributed by atoms with Crippen molar-refractivity contribution in [2.75, 3.05) is 0 Å². The second-order valence-corrected chi connectivity index (χ2v) is 4.58. The lowest BCUT2D eigenvalue weighted by Gasteiger charge is -2.18. The molecule has 0 rings (SSSR count). The highest BCUT2D eigenvalue weighted by molar-refractivity contribution is 5.81. The highest BCUT2D eigenvalue weighted by atomic mass is 16.4. The minimum atomic E-state index is -0.854. The van der Waals surface area contributed by atoms with Gasteiger partial charge in [0.05, 0.1) is 6.04 Å². The number of carboxylic acids is 1. The number of rotatable bonds is 7. The van der Waals surface area contributed by atoms with E-state index in [-0.39, 0.29) is 18.4 Å². The van der Waals surface area contributed by atoms with Crippen molar-refractivity contribution in [3.05, 3.63) is 0 Å². The number of carbonyl (C=O) groups excluding carboxylic acids is 1. The van der Waals surface area contributed by atoms with E-state index in [4.69, 9.17) is 10.8 Å². The summed E-state index contributed by atoms with van der Waals surface area (Å²) >= 11 is 0. The predicted molar refractivity (Wildman–Crippen MR) is 61.9 cm³/mol. The number of nitrogens with two attached hydrogens (primary N) is 1. The first-order valence-corrected chi connectivity index (χ1v) is 5.60. The van der Waals surface area contributed by atoms with Gasteiger partial charge in [-0.2, -0.15) is 0 Å². The number of hydrogen-bond acceptors (Lipinski definition) is 3. The molecule has 0 aliphatic rings. The van der Waals surface area contributed by atoms with E-state index in [1.54, 1.807) is 6.92 Å². The van der Waals surface area contributed by atoms with Crippen molar-refractivity contribution in [1.82, 2.24) is 5.32 Å². The number of carbonyl (C=O) groups is 2. The van der Waals surface area contributed by atoms with Gasteiger partial charge in [0.25, 0.3) is 0 Å². The highest BCUT2D eigenvalue weighted by Gasteiger charge is 2.17. The van der Waals surface area contributed by atoms with Crippen molar-refractivity contribution in [2.45, 2.75) is 52.1 Å². The largest absolute Gasteiger partial charge is 0.481 e. The van der Waals surface area contributed by atoms with E-state index in [9.17, 15) is 9.59 Å². The molecule has 0 radical (unpaired) electrons. The van der Waals surface area contributed by atoms with Crippen LogP contribution in [0.15, 0.2) is 0 Å². The van der Waals surface area contributed by atoms with Crippen molar-refractivity contribution >= 4 is 11.9 Å². The van der Waals surface area contributed by atoms with E-state index in [0.29, 0.717) is 18.8 Å². The maximum Gasteiger partial charge on any atom is 0.303 e. The van der Waals surface area contributed by atoms with Crippen molar-refractivity contribution in [2.24, 2.45) is 11.7 Å². The summed E-state index contributed by atoms with van der Waals surface area (Å²) in [7, 11) is 0. The average Bonchev–Trinajstić information content (AvgIpc) is 2.13. The third-order valence-corrected chi connectivity index (χ3v) is 2.24. The molecule has 0 aromatic heterocycles. The van der Waals surface area contributed by atoms with Crippen LogP contribution >= 0.6 is 0 Å².